The van der Waals surface area contributed by atoms with E-state index >= 15 is 0 Å². The second kappa shape index (κ2) is 9.08. The molecule has 1 fully saturated rings. The van der Waals surface area contributed by atoms with E-state index in [1.807, 2.05) is 95.8 Å². The fraction of sp³-hybridized carbons (Fsp3) is 0.0385. The van der Waals surface area contributed by atoms with E-state index in [0.29, 0.717) is 16.6 Å². The fourth-order valence-corrected chi connectivity index (χ4v) is 4.29. The van der Waals surface area contributed by atoms with E-state index in [1.165, 1.54) is 17.3 Å². The molecule has 5 rings (SSSR count). The predicted molar refractivity (Wildman–Crippen MR) is 130 cm³/mol. The van der Waals surface area contributed by atoms with E-state index in [0.717, 1.165) is 22.5 Å². The van der Waals surface area contributed by atoms with Gasteiger partial charge in [0.15, 0.2) is 5.17 Å². The molecule has 1 amide bonds. The molecule has 2 heterocycles. The van der Waals surface area contributed by atoms with Crippen LogP contribution in [0.15, 0.2) is 107 Å². The molecule has 1 saturated heterocycles. The highest BCUT2D eigenvalue weighted by Crippen LogP contribution is 2.31. The molecule has 3 aromatic carbocycles. The van der Waals surface area contributed by atoms with Gasteiger partial charge in [-0.1, -0.05) is 78.9 Å². The lowest BCUT2D eigenvalue weighted by Gasteiger charge is -2.01. The van der Waals surface area contributed by atoms with Crippen molar-refractivity contribution >= 4 is 34.6 Å². The van der Waals surface area contributed by atoms with Crippen LogP contribution in [-0.2, 0) is 11.3 Å². The molecular formula is C26H20N4OS. The van der Waals surface area contributed by atoms with Gasteiger partial charge in [0.1, 0.15) is 0 Å². The van der Waals surface area contributed by atoms with Gasteiger partial charge in [-0.25, -0.2) is 4.99 Å². The van der Waals surface area contributed by atoms with Crippen molar-refractivity contribution < 1.29 is 4.79 Å². The number of amidine groups is 1. The van der Waals surface area contributed by atoms with Gasteiger partial charge in [-0.05, 0) is 35.5 Å². The standard InChI is InChI=1S/C26H20N4OS/c31-25-23(32-26(28-25)27-22-14-8-3-9-15-22)16-21-18-30(17-19-10-4-1-5-11-19)29-24(21)20-12-6-2-7-13-20/h1-16,18H,17H2,(H,27,28,31)/b23-16+. The predicted octanol–water partition coefficient (Wildman–Crippen LogP) is 5.49. The van der Waals surface area contributed by atoms with Gasteiger partial charge in [-0.3, -0.25) is 9.48 Å². The van der Waals surface area contributed by atoms with Crippen molar-refractivity contribution in [1.82, 2.24) is 15.1 Å². The van der Waals surface area contributed by atoms with Gasteiger partial charge in [0.25, 0.3) is 5.91 Å². The minimum absolute atomic E-state index is 0.153. The van der Waals surface area contributed by atoms with Gasteiger partial charge in [0.05, 0.1) is 22.8 Å². The van der Waals surface area contributed by atoms with Gasteiger partial charge in [0, 0.05) is 17.3 Å². The molecule has 0 radical (unpaired) electrons. The first kappa shape index (κ1) is 20.0. The smallest absolute Gasteiger partial charge is 0.264 e. The summed E-state index contributed by atoms with van der Waals surface area (Å²) >= 11 is 1.34. The maximum absolute atomic E-state index is 12.6. The van der Waals surface area contributed by atoms with Crippen LogP contribution in [0.5, 0.6) is 0 Å². The molecule has 0 spiro atoms. The Balaban J connectivity index is 1.48. The number of hydrogen-bond donors (Lipinski definition) is 1. The molecule has 0 unspecified atom stereocenters. The summed E-state index contributed by atoms with van der Waals surface area (Å²) in [6.07, 6.45) is 3.88. The van der Waals surface area contributed by atoms with E-state index in [2.05, 4.69) is 22.4 Å². The zero-order valence-electron chi connectivity index (χ0n) is 17.2. The monoisotopic (exact) mass is 436 g/mol. The highest BCUT2D eigenvalue weighted by molar-refractivity contribution is 8.18. The number of hydrogen-bond acceptors (Lipinski definition) is 4. The summed E-state index contributed by atoms with van der Waals surface area (Å²) in [6, 6.07) is 29.8. The van der Waals surface area contributed by atoms with Crippen molar-refractivity contribution in [2.24, 2.45) is 4.99 Å². The Morgan fingerprint density at radius 1 is 0.906 bits per heavy atom. The van der Waals surface area contributed by atoms with Crippen molar-refractivity contribution in [2.45, 2.75) is 6.54 Å². The van der Waals surface area contributed by atoms with Crippen molar-refractivity contribution in [3.63, 3.8) is 0 Å². The fourth-order valence-electron chi connectivity index (χ4n) is 3.46. The Labute approximate surface area is 190 Å². The van der Waals surface area contributed by atoms with Crippen LogP contribution in [0.1, 0.15) is 11.1 Å². The number of carbonyl (C=O) groups excluding carboxylic acids is 1. The third-order valence-electron chi connectivity index (χ3n) is 4.95. The summed E-state index contributed by atoms with van der Waals surface area (Å²) in [5.74, 6) is -0.153. The highest BCUT2D eigenvalue weighted by atomic mass is 32.2. The summed E-state index contributed by atoms with van der Waals surface area (Å²) in [4.78, 5) is 17.7. The Morgan fingerprint density at radius 2 is 1.56 bits per heavy atom. The molecule has 6 heteroatoms. The van der Waals surface area contributed by atoms with Gasteiger partial charge in [-0.15, -0.1) is 0 Å². The second-order valence-electron chi connectivity index (χ2n) is 7.30. The third kappa shape index (κ3) is 4.55. The van der Waals surface area contributed by atoms with E-state index in [4.69, 9.17) is 5.10 Å². The minimum Gasteiger partial charge on any atom is -0.300 e. The van der Waals surface area contributed by atoms with Crippen molar-refractivity contribution in [1.29, 1.82) is 0 Å². The van der Waals surface area contributed by atoms with E-state index < -0.39 is 0 Å². The Kier molecular flexibility index (Phi) is 5.68. The molecule has 1 N–H and O–H groups in total. The zero-order valence-corrected chi connectivity index (χ0v) is 18.0. The van der Waals surface area contributed by atoms with Crippen LogP contribution in [-0.4, -0.2) is 20.9 Å². The summed E-state index contributed by atoms with van der Waals surface area (Å²) in [6.45, 7) is 0.657. The van der Waals surface area contributed by atoms with Crippen LogP contribution in [0, 0.1) is 0 Å². The molecule has 1 aromatic heterocycles. The van der Waals surface area contributed by atoms with Gasteiger partial charge < -0.3 is 5.32 Å². The second-order valence-corrected chi connectivity index (χ2v) is 8.33. The lowest BCUT2D eigenvalue weighted by molar-refractivity contribution is -0.115. The normalized spacial score (nSPS) is 15.9. The Hall–Kier alpha value is -3.90. The van der Waals surface area contributed by atoms with Crippen molar-refractivity contribution in [3.05, 3.63) is 113 Å². The number of amides is 1. The maximum Gasteiger partial charge on any atom is 0.264 e. The van der Waals surface area contributed by atoms with E-state index in [-0.39, 0.29) is 5.91 Å². The zero-order chi connectivity index (χ0) is 21.8. The SMILES string of the molecule is O=C1NC(=Nc2ccccc2)S/C1=C/c1cn(Cc2ccccc2)nc1-c1ccccc1. The minimum atomic E-state index is -0.153. The first-order valence-corrected chi connectivity index (χ1v) is 11.1. The molecule has 4 aromatic rings. The Bertz CT molecular complexity index is 1300. The van der Waals surface area contributed by atoms with Gasteiger partial charge >= 0.3 is 0 Å². The number of benzene rings is 3. The summed E-state index contributed by atoms with van der Waals surface area (Å²) in [5.41, 5.74) is 4.71. The quantitative estimate of drug-likeness (QED) is 0.421. The molecule has 1 aliphatic rings. The maximum atomic E-state index is 12.6. The largest absolute Gasteiger partial charge is 0.300 e. The number of para-hydroxylation sites is 1. The molecule has 32 heavy (non-hydrogen) atoms. The van der Waals surface area contributed by atoms with Gasteiger partial charge in [0.2, 0.25) is 0 Å². The third-order valence-corrected chi connectivity index (χ3v) is 5.86. The van der Waals surface area contributed by atoms with Crippen molar-refractivity contribution in [2.75, 3.05) is 0 Å². The molecule has 0 aliphatic carbocycles. The average Bonchev–Trinajstić information content (AvgIpc) is 3.38. The molecule has 0 atom stereocenters. The molecular weight excluding hydrogens is 416 g/mol. The van der Waals surface area contributed by atoms with Crippen LogP contribution in [0.4, 0.5) is 5.69 Å². The lowest BCUT2D eigenvalue weighted by atomic mass is 10.1. The number of carbonyl (C=O) groups is 1. The average molecular weight is 437 g/mol. The number of thioether (sulfide) groups is 1. The van der Waals surface area contributed by atoms with Crippen molar-refractivity contribution in [3.8, 4) is 11.3 Å². The van der Waals surface area contributed by atoms with Crippen LogP contribution < -0.4 is 5.32 Å². The van der Waals surface area contributed by atoms with Gasteiger partial charge in [-0.2, -0.15) is 5.10 Å². The summed E-state index contributed by atoms with van der Waals surface area (Å²) in [5, 5.41) is 8.26. The molecule has 5 nitrogen and oxygen atoms in total. The van der Waals surface area contributed by atoms with Crippen LogP contribution in [0.3, 0.4) is 0 Å². The number of aromatic nitrogens is 2. The molecule has 0 saturated carbocycles. The topological polar surface area (TPSA) is 59.3 Å². The first-order chi connectivity index (χ1) is 15.7. The summed E-state index contributed by atoms with van der Waals surface area (Å²) < 4.78 is 1.92. The van der Waals surface area contributed by atoms with Crippen LogP contribution >= 0.6 is 11.8 Å². The Morgan fingerprint density at radius 3 is 2.28 bits per heavy atom. The molecule has 156 valence electrons. The number of nitrogens with one attached hydrogen (secondary N) is 1. The van der Waals surface area contributed by atoms with Crippen LogP contribution in [0.2, 0.25) is 0 Å². The molecule has 0 bridgehead atoms. The van der Waals surface area contributed by atoms with E-state index in [1.54, 1.807) is 0 Å². The molecule has 1 aliphatic heterocycles. The van der Waals surface area contributed by atoms with Crippen LogP contribution in [0.25, 0.3) is 17.3 Å². The lowest BCUT2D eigenvalue weighted by Crippen LogP contribution is -2.19. The summed E-state index contributed by atoms with van der Waals surface area (Å²) in [7, 11) is 0. The number of nitrogens with zero attached hydrogens (tertiary/aromatic N) is 3. The number of rotatable bonds is 5. The van der Waals surface area contributed by atoms with E-state index in [9.17, 15) is 4.79 Å². The highest BCUT2D eigenvalue weighted by Gasteiger charge is 2.25. The number of aliphatic imine (C=N–C) groups is 1. The first-order valence-electron chi connectivity index (χ1n) is 10.3.